The van der Waals surface area contributed by atoms with Gasteiger partial charge in [-0.25, -0.2) is 19.7 Å². The van der Waals surface area contributed by atoms with Crippen molar-refractivity contribution in [2.24, 2.45) is 0 Å². The number of piperazine rings is 1. The van der Waals surface area contributed by atoms with Crippen molar-refractivity contribution in [3.8, 4) is 11.3 Å². The van der Waals surface area contributed by atoms with Crippen molar-refractivity contribution < 1.29 is 22.7 Å². The predicted octanol–water partition coefficient (Wildman–Crippen LogP) is 4.06. The fraction of sp³-hybridized carbons (Fsp3) is 0.367. The molecule has 3 aromatic heterocycles. The molecular weight excluding hydrogens is 575 g/mol. The number of urea groups is 1. The number of pyridine rings is 2. The molecule has 0 bridgehead atoms. The third kappa shape index (κ3) is 5.13. The Labute approximate surface area is 251 Å². The Balaban J connectivity index is 1.32. The maximum atomic E-state index is 14.5. The van der Waals surface area contributed by atoms with Gasteiger partial charge in [0.05, 0.1) is 47.9 Å². The fourth-order valence-electron chi connectivity index (χ4n) is 5.90. The van der Waals surface area contributed by atoms with Gasteiger partial charge in [-0.05, 0) is 30.3 Å². The number of amides is 2. The van der Waals surface area contributed by atoms with Gasteiger partial charge in [0.1, 0.15) is 5.52 Å². The van der Waals surface area contributed by atoms with Gasteiger partial charge >= 0.3 is 12.2 Å². The van der Waals surface area contributed by atoms with E-state index in [2.05, 4.69) is 20.3 Å². The molecule has 228 valence electrons. The van der Waals surface area contributed by atoms with Gasteiger partial charge in [0, 0.05) is 81.7 Å². The molecule has 11 nitrogen and oxygen atoms in total. The zero-order chi connectivity index (χ0) is 30.4. The Kier molecular flexibility index (Phi) is 7.17. The van der Waals surface area contributed by atoms with E-state index in [0.29, 0.717) is 92.0 Å². The van der Waals surface area contributed by atoms with Crippen LogP contribution in [-0.2, 0) is 17.5 Å². The summed E-state index contributed by atoms with van der Waals surface area (Å²) in [7, 11) is 1.61. The van der Waals surface area contributed by atoms with E-state index in [-0.39, 0.29) is 17.9 Å². The highest BCUT2D eigenvalue weighted by Gasteiger charge is 2.38. The minimum absolute atomic E-state index is 0.0984. The standard InChI is InChI=1S/C30H30F3N9O2/c1-39-18-20-17-35-24-4-3-23(19-15-36-28(37-16-19)41-10-12-44-13-11-41)38-26(24)27(20)42(29(39)43)21-2-5-25(22(14-21)30(31,32)33)40-8-6-34-7-9-40/h2-5,14-17,34H,6-13,18H2,1H3. The molecule has 0 aliphatic carbocycles. The van der Waals surface area contributed by atoms with Crippen LogP contribution in [0.3, 0.4) is 0 Å². The zero-order valence-corrected chi connectivity index (χ0v) is 24.0. The molecule has 44 heavy (non-hydrogen) atoms. The molecular formula is C30H30F3N9O2. The molecule has 0 atom stereocenters. The van der Waals surface area contributed by atoms with Gasteiger partial charge in [-0.15, -0.1) is 0 Å². The van der Waals surface area contributed by atoms with Gasteiger partial charge in [0.25, 0.3) is 0 Å². The highest BCUT2D eigenvalue weighted by molar-refractivity contribution is 6.08. The largest absolute Gasteiger partial charge is 0.418 e. The summed E-state index contributed by atoms with van der Waals surface area (Å²) in [6.07, 6.45) is 0.406. The Morgan fingerprint density at radius 3 is 2.39 bits per heavy atom. The van der Waals surface area contributed by atoms with E-state index in [0.717, 1.165) is 6.07 Å². The molecule has 14 heteroatoms. The Morgan fingerprint density at radius 2 is 1.66 bits per heavy atom. The molecule has 0 spiro atoms. The van der Waals surface area contributed by atoms with E-state index < -0.39 is 17.8 Å². The third-order valence-corrected chi connectivity index (χ3v) is 8.14. The number of morpholine rings is 1. The van der Waals surface area contributed by atoms with Crippen molar-refractivity contribution in [3.63, 3.8) is 0 Å². The van der Waals surface area contributed by atoms with Crippen molar-refractivity contribution in [2.45, 2.75) is 12.7 Å². The molecule has 1 N–H and O–H groups in total. The first-order chi connectivity index (χ1) is 21.3. The van der Waals surface area contributed by atoms with E-state index in [9.17, 15) is 18.0 Å². The zero-order valence-electron chi connectivity index (χ0n) is 24.0. The number of carbonyl (C=O) groups is 1. The second-order valence-electron chi connectivity index (χ2n) is 11.0. The Hall–Kier alpha value is -4.56. The van der Waals surface area contributed by atoms with Crippen LogP contribution in [0.2, 0.25) is 0 Å². The highest BCUT2D eigenvalue weighted by Crippen LogP contribution is 2.44. The lowest BCUT2D eigenvalue weighted by Gasteiger charge is -2.36. The number of carbonyl (C=O) groups excluding carboxylic acids is 1. The summed E-state index contributed by atoms with van der Waals surface area (Å²) in [4.78, 5) is 38.7. The molecule has 0 saturated carbocycles. The van der Waals surface area contributed by atoms with Crippen LogP contribution in [0.25, 0.3) is 22.3 Å². The molecule has 7 rings (SSSR count). The third-order valence-electron chi connectivity index (χ3n) is 8.14. The van der Waals surface area contributed by atoms with Crippen molar-refractivity contribution in [3.05, 3.63) is 60.0 Å². The van der Waals surface area contributed by atoms with Crippen LogP contribution >= 0.6 is 0 Å². The molecule has 6 heterocycles. The molecule has 3 aliphatic rings. The quantitative estimate of drug-likeness (QED) is 0.369. The second kappa shape index (κ2) is 11.2. The second-order valence-corrected chi connectivity index (χ2v) is 11.0. The number of aromatic nitrogens is 4. The molecule has 3 aliphatic heterocycles. The van der Waals surface area contributed by atoms with Crippen LogP contribution in [0.5, 0.6) is 0 Å². The number of nitrogens with zero attached hydrogens (tertiary/aromatic N) is 8. The summed E-state index contributed by atoms with van der Waals surface area (Å²) in [5, 5.41) is 3.17. The highest BCUT2D eigenvalue weighted by atomic mass is 19.4. The SMILES string of the molecule is CN1Cc2cnc3ccc(-c4cnc(N5CCOCC5)nc4)nc3c2N(c2ccc(N3CCNCC3)c(C(F)(F)F)c2)C1=O. The molecule has 0 unspecified atom stereocenters. The Bertz CT molecular complexity index is 1710. The van der Waals surface area contributed by atoms with E-state index >= 15 is 0 Å². The maximum Gasteiger partial charge on any atom is 0.418 e. The number of ether oxygens (including phenoxy) is 1. The molecule has 2 saturated heterocycles. The van der Waals surface area contributed by atoms with E-state index in [1.54, 1.807) is 48.7 Å². The van der Waals surface area contributed by atoms with Gasteiger partial charge in [0.15, 0.2) is 0 Å². The number of halogens is 3. The first-order valence-corrected chi connectivity index (χ1v) is 14.4. The number of fused-ring (bicyclic) bond motifs is 3. The fourth-order valence-corrected chi connectivity index (χ4v) is 5.90. The lowest BCUT2D eigenvalue weighted by atomic mass is 10.0. The number of nitrogens with one attached hydrogen (secondary N) is 1. The van der Waals surface area contributed by atoms with Crippen molar-refractivity contribution in [2.75, 3.05) is 74.2 Å². The minimum atomic E-state index is -4.62. The number of anilines is 4. The minimum Gasteiger partial charge on any atom is -0.378 e. The Morgan fingerprint density at radius 1 is 0.909 bits per heavy atom. The summed E-state index contributed by atoms with van der Waals surface area (Å²) in [5.74, 6) is 0.599. The average molecular weight is 606 g/mol. The summed E-state index contributed by atoms with van der Waals surface area (Å²) in [6.45, 7) is 4.97. The van der Waals surface area contributed by atoms with E-state index in [1.807, 2.05) is 4.90 Å². The number of alkyl halides is 3. The number of benzene rings is 1. The number of rotatable bonds is 4. The lowest BCUT2D eigenvalue weighted by molar-refractivity contribution is -0.137. The summed E-state index contributed by atoms with van der Waals surface area (Å²) in [6, 6.07) is 7.21. The number of hydrogen-bond donors (Lipinski definition) is 1. The molecule has 4 aromatic rings. The summed E-state index contributed by atoms with van der Waals surface area (Å²) in [5.41, 5.74) is 2.62. The van der Waals surface area contributed by atoms with Crippen LogP contribution in [0.4, 0.5) is 41.0 Å². The molecule has 2 fully saturated rings. The van der Waals surface area contributed by atoms with Crippen LogP contribution < -0.4 is 20.0 Å². The molecule has 2 amide bonds. The van der Waals surface area contributed by atoms with Crippen LogP contribution in [-0.4, -0.2) is 90.4 Å². The van der Waals surface area contributed by atoms with Gasteiger partial charge in [-0.1, -0.05) is 0 Å². The molecule has 0 radical (unpaired) electrons. The topological polar surface area (TPSA) is 103 Å². The average Bonchev–Trinajstić information content (AvgIpc) is 3.05. The number of hydrogen-bond acceptors (Lipinski definition) is 9. The van der Waals surface area contributed by atoms with Crippen LogP contribution in [0.15, 0.2) is 48.9 Å². The van der Waals surface area contributed by atoms with Crippen molar-refractivity contribution in [1.82, 2.24) is 30.2 Å². The monoisotopic (exact) mass is 605 g/mol. The van der Waals surface area contributed by atoms with E-state index in [4.69, 9.17) is 9.72 Å². The van der Waals surface area contributed by atoms with Crippen molar-refractivity contribution >= 4 is 40.1 Å². The smallest absolute Gasteiger partial charge is 0.378 e. The normalized spacial score (nSPS) is 17.8. The van der Waals surface area contributed by atoms with Crippen LogP contribution in [0.1, 0.15) is 11.1 Å². The summed E-state index contributed by atoms with van der Waals surface area (Å²) >= 11 is 0. The van der Waals surface area contributed by atoms with Gasteiger partial charge in [-0.2, -0.15) is 13.2 Å². The molecule has 1 aromatic carbocycles. The predicted molar refractivity (Wildman–Crippen MR) is 159 cm³/mol. The van der Waals surface area contributed by atoms with Gasteiger partial charge in [-0.3, -0.25) is 9.88 Å². The first kappa shape index (κ1) is 28.2. The maximum absolute atomic E-state index is 14.5. The van der Waals surface area contributed by atoms with E-state index in [1.165, 1.54) is 15.9 Å². The van der Waals surface area contributed by atoms with Crippen LogP contribution in [0, 0.1) is 0 Å². The van der Waals surface area contributed by atoms with Gasteiger partial charge in [0.2, 0.25) is 5.95 Å². The van der Waals surface area contributed by atoms with Gasteiger partial charge < -0.3 is 24.8 Å². The summed E-state index contributed by atoms with van der Waals surface area (Å²) < 4.78 is 48.8. The van der Waals surface area contributed by atoms with Crippen molar-refractivity contribution in [1.29, 1.82) is 0 Å². The first-order valence-electron chi connectivity index (χ1n) is 14.4. The lowest BCUT2D eigenvalue weighted by Crippen LogP contribution is -2.44.